The molecule has 0 amide bonds. The van der Waals surface area contributed by atoms with Crippen LogP contribution in [0.1, 0.15) is 45.4 Å². The molecular weight excluding hydrogens is 250 g/mol. The van der Waals surface area contributed by atoms with Gasteiger partial charge in [0.1, 0.15) is 6.10 Å². The van der Waals surface area contributed by atoms with E-state index in [1.54, 1.807) is 0 Å². The lowest BCUT2D eigenvalue weighted by Gasteiger charge is -2.41. The zero-order chi connectivity index (χ0) is 14.5. The molecule has 2 rings (SSSR count). The maximum atomic E-state index is 9.66. The Labute approximate surface area is 122 Å². The first kappa shape index (κ1) is 15.6. The van der Waals surface area contributed by atoms with Gasteiger partial charge in [0.25, 0.3) is 0 Å². The Hall–Kier alpha value is -0.820. The van der Waals surface area contributed by atoms with Gasteiger partial charge in [0.05, 0.1) is 6.10 Å². The molecule has 0 aliphatic carbocycles. The van der Waals surface area contributed by atoms with Crippen molar-refractivity contribution in [1.82, 2.24) is 4.90 Å². The summed E-state index contributed by atoms with van der Waals surface area (Å²) in [7, 11) is 0. The third-order valence-corrected chi connectivity index (χ3v) is 4.94. The average molecular weight is 277 g/mol. The molecule has 0 radical (unpaired) electrons. The highest BCUT2D eigenvalue weighted by molar-refractivity contribution is 5.05. The van der Waals surface area contributed by atoms with Gasteiger partial charge in [-0.1, -0.05) is 31.4 Å². The number of terminal acetylenes is 1. The van der Waals surface area contributed by atoms with E-state index in [1.165, 1.54) is 38.6 Å². The fraction of sp³-hybridized carbons (Fsp3) is 0.765. The second-order valence-electron chi connectivity index (χ2n) is 6.10. The standard InChI is InChI=1S/C17H27NO2/c1-3-13-10-11-14(18-12-6-8-15(13)18)7-5-9-17(20)16(19)4-2/h2,5,7,13-17,19-20H,3,6,8-12H2,1H3. The molecule has 5 atom stereocenters. The number of nitrogens with zero attached hydrogens (tertiary/aromatic N) is 1. The van der Waals surface area contributed by atoms with Crippen molar-refractivity contribution in [2.75, 3.05) is 6.54 Å². The van der Waals surface area contributed by atoms with E-state index in [0.29, 0.717) is 12.5 Å². The van der Waals surface area contributed by atoms with E-state index in [9.17, 15) is 10.2 Å². The smallest absolute Gasteiger partial charge is 0.140 e. The topological polar surface area (TPSA) is 43.7 Å². The summed E-state index contributed by atoms with van der Waals surface area (Å²) in [5.41, 5.74) is 0. The summed E-state index contributed by atoms with van der Waals surface area (Å²) < 4.78 is 0. The highest BCUT2D eigenvalue weighted by Gasteiger charge is 2.37. The molecule has 2 aliphatic heterocycles. The van der Waals surface area contributed by atoms with Crippen LogP contribution in [-0.2, 0) is 0 Å². The summed E-state index contributed by atoms with van der Waals surface area (Å²) in [5, 5.41) is 19.0. The molecule has 2 fully saturated rings. The van der Waals surface area contributed by atoms with Gasteiger partial charge < -0.3 is 10.2 Å². The van der Waals surface area contributed by atoms with Gasteiger partial charge >= 0.3 is 0 Å². The highest BCUT2D eigenvalue weighted by atomic mass is 16.3. The summed E-state index contributed by atoms with van der Waals surface area (Å²) in [5.74, 6) is 3.02. The maximum absolute atomic E-state index is 9.66. The molecule has 0 aromatic rings. The predicted molar refractivity (Wildman–Crippen MR) is 81.1 cm³/mol. The number of piperidine rings is 1. The van der Waals surface area contributed by atoms with E-state index in [-0.39, 0.29) is 0 Å². The Balaban J connectivity index is 1.89. The van der Waals surface area contributed by atoms with Crippen molar-refractivity contribution in [3.05, 3.63) is 12.2 Å². The van der Waals surface area contributed by atoms with E-state index in [2.05, 4.69) is 23.8 Å². The van der Waals surface area contributed by atoms with Crippen LogP contribution in [0.15, 0.2) is 12.2 Å². The lowest BCUT2D eigenvalue weighted by Crippen LogP contribution is -2.46. The first-order chi connectivity index (χ1) is 9.67. The molecule has 0 aromatic carbocycles. The van der Waals surface area contributed by atoms with Crippen LogP contribution >= 0.6 is 0 Å². The van der Waals surface area contributed by atoms with Gasteiger partial charge in [-0.05, 0) is 44.6 Å². The van der Waals surface area contributed by atoms with Crippen molar-refractivity contribution < 1.29 is 10.2 Å². The van der Waals surface area contributed by atoms with Crippen molar-refractivity contribution in [1.29, 1.82) is 0 Å². The van der Waals surface area contributed by atoms with Crippen molar-refractivity contribution in [2.24, 2.45) is 5.92 Å². The molecule has 2 heterocycles. The van der Waals surface area contributed by atoms with Crippen molar-refractivity contribution in [3.8, 4) is 12.3 Å². The third-order valence-electron chi connectivity index (χ3n) is 4.94. The van der Waals surface area contributed by atoms with Crippen LogP contribution in [0.4, 0.5) is 0 Å². The second kappa shape index (κ2) is 7.26. The highest BCUT2D eigenvalue weighted by Crippen LogP contribution is 2.37. The van der Waals surface area contributed by atoms with Crippen LogP contribution in [0.25, 0.3) is 0 Å². The molecule has 20 heavy (non-hydrogen) atoms. The third kappa shape index (κ3) is 3.44. The summed E-state index contributed by atoms with van der Waals surface area (Å²) in [6.07, 6.45) is 14.2. The average Bonchev–Trinajstić information content (AvgIpc) is 2.96. The summed E-state index contributed by atoms with van der Waals surface area (Å²) >= 11 is 0. The zero-order valence-electron chi connectivity index (χ0n) is 12.4. The summed E-state index contributed by atoms with van der Waals surface area (Å²) in [6.45, 7) is 3.50. The molecule has 0 bridgehead atoms. The molecule has 0 saturated carbocycles. The Bertz CT molecular complexity index is 374. The molecule has 112 valence electrons. The summed E-state index contributed by atoms with van der Waals surface area (Å²) in [6, 6.07) is 1.25. The fourth-order valence-corrected chi connectivity index (χ4v) is 3.77. The van der Waals surface area contributed by atoms with Gasteiger partial charge in [0.2, 0.25) is 0 Å². The molecule has 2 N–H and O–H groups in total. The van der Waals surface area contributed by atoms with Crippen LogP contribution in [-0.4, -0.2) is 45.9 Å². The number of hydrogen-bond acceptors (Lipinski definition) is 3. The molecule has 2 saturated heterocycles. The zero-order valence-corrected chi connectivity index (χ0v) is 12.4. The van der Waals surface area contributed by atoms with Gasteiger partial charge in [-0.25, -0.2) is 0 Å². The quantitative estimate of drug-likeness (QED) is 0.596. The molecule has 3 heteroatoms. The molecule has 0 aromatic heterocycles. The van der Waals surface area contributed by atoms with E-state index in [0.717, 1.165) is 12.0 Å². The van der Waals surface area contributed by atoms with Crippen LogP contribution in [0.2, 0.25) is 0 Å². The van der Waals surface area contributed by atoms with Crippen LogP contribution < -0.4 is 0 Å². The van der Waals surface area contributed by atoms with Crippen molar-refractivity contribution in [3.63, 3.8) is 0 Å². The molecular formula is C17H27NO2. The van der Waals surface area contributed by atoms with Gasteiger partial charge in [-0.15, -0.1) is 6.42 Å². The molecule has 5 unspecified atom stereocenters. The van der Waals surface area contributed by atoms with E-state index < -0.39 is 12.2 Å². The monoisotopic (exact) mass is 277 g/mol. The predicted octanol–water partition coefficient (Wildman–Crippen LogP) is 1.94. The SMILES string of the molecule is C#CC(O)C(O)CC=CC1CCC(CC)C2CCCN12. The van der Waals surface area contributed by atoms with E-state index in [4.69, 9.17) is 6.42 Å². The first-order valence-electron chi connectivity index (χ1n) is 7.92. The minimum Gasteiger partial charge on any atom is -0.389 e. The van der Waals surface area contributed by atoms with Gasteiger partial charge in [-0.3, -0.25) is 4.90 Å². The van der Waals surface area contributed by atoms with E-state index >= 15 is 0 Å². The Morgan fingerprint density at radius 3 is 2.85 bits per heavy atom. The summed E-state index contributed by atoms with van der Waals surface area (Å²) in [4.78, 5) is 2.64. The molecule has 3 nitrogen and oxygen atoms in total. The van der Waals surface area contributed by atoms with Gasteiger partial charge in [0, 0.05) is 12.1 Å². The number of fused-ring (bicyclic) bond motifs is 1. The fourth-order valence-electron chi connectivity index (χ4n) is 3.77. The van der Waals surface area contributed by atoms with E-state index in [1.807, 2.05) is 6.08 Å². The number of aliphatic hydroxyl groups is 2. The maximum Gasteiger partial charge on any atom is 0.140 e. The lowest BCUT2D eigenvalue weighted by atomic mass is 9.84. The van der Waals surface area contributed by atoms with Crippen LogP contribution in [0.3, 0.4) is 0 Å². The van der Waals surface area contributed by atoms with Crippen molar-refractivity contribution >= 4 is 0 Å². The number of aliphatic hydroxyl groups excluding tert-OH is 2. The Morgan fingerprint density at radius 1 is 1.35 bits per heavy atom. The second-order valence-corrected chi connectivity index (χ2v) is 6.10. The van der Waals surface area contributed by atoms with Crippen LogP contribution in [0, 0.1) is 18.3 Å². The lowest BCUT2D eigenvalue weighted by molar-refractivity contribution is 0.0564. The molecule has 0 spiro atoms. The largest absolute Gasteiger partial charge is 0.389 e. The minimum absolute atomic E-state index is 0.428. The first-order valence-corrected chi connectivity index (χ1v) is 7.92. The van der Waals surface area contributed by atoms with Crippen molar-refractivity contribution in [2.45, 2.75) is 69.7 Å². The Morgan fingerprint density at radius 2 is 2.15 bits per heavy atom. The number of hydrogen-bond donors (Lipinski definition) is 2. The van der Waals surface area contributed by atoms with Gasteiger partial charge in [-0.2, -0.15) is 0 Å². The minimum atomic E-state index is -1.06. The van der Waals surface area contributed by atoms with Gasteiger partial charge in [0.15, 0.2) is 0 Å². The normalized spacial score (nSPS) is 33.8. The number of rotatable bonds is 5. The Kier molecular flexibility index (Phi) is 5.65. The molecule has 2 aliphatic rings. The van der Waals surface area contributed by atoms with Crippen LogP contribution in [0.5, 0.6) is 0 Å².